The lowest BCUT2D eigenvalue weighted by Gasteiger charge is -2.28. The molecular formula is C21H26F3N3O2+2. The van der Waals surface area contributed by atoms with Gasteiger partial charge in [-0.25, -0.2) is 4.98 Å². The van der Waals surface area contributed by atoms with E-state index in [4.69, 9.17) is 4.74 Å². The molecule has 0 spiro atoms. The number of nitrogens with zero attached hydrogens (tertiary/aromatic N) is 1. The SMILES string of the molecule is C=CCc1cc(OC)cc(C[NH+]2CCN(c3ccc(C(F)(F)F)c[nH+]3)CC2)c1O. The second-order valence-electron chi connectivity index (χ2n) is 7.16. The fourth-order valence-corrected chi connectivity index (χ4v) is 3.59. The number of quaternary nitrogens is 1. The lowest BCUT2D eigenvalue weighted by atomic mass is 10.0. The third-order valence-corrected chi connectivity index (χ3v) is 5.22. The van der Waals surface area contributed by atoms with E-state index in [1.54, 1.807) is 13.2 Å². The van der Waals surface area contributed by atoms with E-state index < -0.39 is 11.7 Å². The molecule has 2 aromatic rings. The second kappa shape index (κ2) is 8.73. The Labute approximate surface area is 168 Å². The summed E-state index contributed by atoms with van der Waals surface area (Å²) in [6, 6.07) is 6.24. The predicted molar refractivity (Wildman–Crippen MR) is 103 cm³/mol. The molecule has 0 radical (unpaired) electrons. The number of hydrogen-bond donors (Lipinski definition) is 2. The first-order valence-electron chi connectivity index (χ1n) is 9.49. The molecule has 2 heterocycles. The summed E-state index contributed by atoms with van der Waals surface area (Å²) in [5, 5.41) is 10.6. The number of aromatic amines is 1. The normalized spacial score (nSPS) is 15.4. The monoisotopic (exact) mass is 409 g/mol. The van der Waals surface area contributed by atoms with Gasteiger partial charge in [0.1, 0.15) is 50.4 Å². The van der Waals surface area contributed by atoms with Crippen molar-refractivity contribution in [1.29, 1.82) is 0 Å². The summed E-state index contributed by atoms with van der Waals surface area (Å²) in [5.74, 6) is 1.65. The zero-order valence-electron chi connectivity index (χ0n) is 16.4. The summed E-state index contributed by atoms with van der Waals surface area (Å²) in [6.45, 7) is 7.41. The maximum absolute atomic E-state index is 12.7. The molecule has 0 saturated carbocycles. The Morgan fingerprint density at radius 1 is 1.24 bits per heavy atom. The van der Waals surface area contributed by atoms with E-state index in [-0.39, 0.29) is 5.75 Å². The van der Waals surface area contributed by atoms with Crippen LogP contribution in [0.4, 0.5) is 19.0 Å². The zero-order valence-corrected chi connectivity index (χ0v) is 16.4. The van der Waals surface area contributed by atoms with Gasteiger partial charge in [-0.15, -0.1) is 6.58 Å². The van der Waals surface area contributed by atoms with Gasteiger partial charge in [-0.3, -0.25) is 4.90 Å². The largest absolute Gasteiger partial charge is 0.507 e. The van der Waals surface area contributed by atoms with E-state index in [1.807, 2.05) is 17.0 Å². The van der Waals surface area contributed by atoms with E-state index in [0.29, 0.717) is 37.6 Å². The molecule has 3 N–H and O–H groups in total. The minimum absolute atomic E-state index is 0.275. The van der Waals surface area contributed by atoms with Gasteiger partial charge in [0.15, 0.2) is 0 Å². The van der Waals surface area contributed by atoms with Crippen LogP contribution in [0.1, 0.15) is 16.7 Å². The lowest BCUT2D eigenvalue weighted by Crippen LogP contribution is -3.13. The Kier molecular flexibility index (Phi) is 6.32. The highest BCUT2D eigenvalue weighted by molar-refractivity contribution is 5.47. The molecule has 0 aliphatic carbocycles. The summed E-state index contributed by atoms with van der Waals surface area (Å²) in [6.07, 6.45) is -1.04. The number of alkyl halides is 3. The van der Waals surface area contributed by atoms with E-state index in [1.165, 1.54) is 11.0 Å². The average molecular weight is 409 g/mol. The number of anilines is 1. The summed E-state index contributed by atoms with van der Waals surface area (Å²) in [5.41, 5.74) is 0.923. The molecule has 3 rings (SSSR count). The van der Waals surface area contributed by atoms with Crippen molar-refractivity contribution in [2.75, 3.05) is 38.2 Å². The molecule has 0 unspecified atom stereocenters. The molecule has 1 saturated heterocycles. The van der Waals surface area contributed by atoms with Crippen LogP contribution in [0.3, 0.4) is 0 Å². The van der Waals surface area contributed by atoms with Gasteiger partial charge in [-0.2, -0.15) is 13.2 Å². The number of ether oxygens (including phenoxy) is 1. The standard InChI is InChI=1S/C21H24F3N3O2/c1-3-4-15-11-18(29-2)12-16(20(15)28)14-26-7-9-27(10-8-26)19-6-5-17(13-25-19)21(22,23)24/h3,5-6,11-13,28H,1,4,7-10,14H2,2H3/p+2. The fraction of sp³-hybridized carbons (Fsp3) is 0.381. The lowest BCUT2D eigenvalue weighted by molar-refractivity contribution is -0.914. The minimum atomic E-state index is -4.35. The van der Waals surface area contributed by atoms with Crippen LogP contribution in [0.5, 0.6) is 11.5 Å². The van der Waals surface area contributed by atoms with Crippen molar-refractivity contribution in [1.82, 2.24) is 0 Å². The molecule has 8 heteroatoms. The summed E-state index contributed by atoms with van der Waals surface area (Å²) < 4.78 is 43.5. The number of benzene rings is 1. The predicted octanol–water partition coefficient (Wildman–Crippen LogP) is 1.87. The van der Waals surface area contributed by atoms with Gasteiger partial charge in [-0.05, 0) is 24.6 Å². The van der Waals surface area contributed by atoms with Crippen LogP contribution in [-0.4, -0.2) is 38.4 Å². The van der Waals surface area contributed by atoms with Gasteiger partial charge in [0, 0.05) is 11.6 Å². The van der Waals surface area contributed by atoms with Gasteiger partial charge in [0.05, 0.1) is 18.2 Å². The average Bonchev–Trinajstić information content (AvgIpc) is 2.71. The molecule has 0 bridgehead atoms. The van der Waals surface area contributed by atoms with E-state index in [9.17, 15) is 18.3 Å². The van der Waals surface area contributed by atoms with Crippen LogP contribution in [0.25, 0.3) is 0 Å². The zero-order chi connectivity index (χ0) is 21.0. The molecule has 1 fully saturated rings. The number of phenolic OH excluding ortho intramolecular Hbond substituents is 1. The van der Waals surface area contributed by atoms with Crippen molar-refractivity contribution in [2.45, 2.75) is 19.1 Å². The number of nitrogens with one attached hydrogen (secondary N) is 2. The highest BCUT2D eigenvalue weighted by Gasteiger charge is 2.33. The number of aromatic hydroxyl groups is 1. The Balaban J connectivity index is 1.64. The van der Waals surface area contributed by atoms with Crippen molar-refractivity contribution in [2.24, 2.45) is 0 Å². The summed E-state index contributed by atoms with van der Waals surface area (Å²) >= 11 is 0. The molecule has 0 amide bonds. The van der Waals surface area contributed by atoms with Gasteiger partial charge in [-0.1, -0.05) is 6.08 Å². The van der Waals surface area contributed by atoms with Gasteiger partial charge in [0.25, 0.3) is 5.82 Å². The third kappa shape index (κ3) is 5.00. The van der Waals surface area contributed by atoms with E-state index >= 15 is 0 Å². The molecule has 1 aliphatic heterocycles. The van der Waals surface area contributed by atoms with Crippen LogP contribution >= 0.6 is 0 Å². The Morgan fingerprint density at radius 3 is 2.48 bits per heavy atom. The number of halogens is 3. The fourth-order valence-electron chi connectivity index (χ4n) is 3.59. The maximum atomic E-state index is 12.7. The molecule has 0 atom stereocenters. The van der Waals surface area contributed by atoms with Gasteiger partial charge >= 0.3 is 6.18 Å². The Hall–Kier alpha value is -2.74. The van der Waals surface area contributed by atoms with E-state index in [2.05, 4.69) is 11.6 Å². The first kappa shape index (κ1) is 21.0. The topological polar surface area (TPSA) is 51.3 Å². The number of hydrogen-bond acceptors (Lipinski definition) is 3. The van der Waals surface area contributed by atoms with Gasteiger partial charge in [0.2, 0.25) is 0 Å². The Morgan fingerprint density at radius 2 is 1.93 bits per heavy atom. The second-order valence-corrected chi connectivity index (χ2v) is 7.16. The minimum Gasteiger partial charge on any atom is -0.507 e. The van der Waals surface area contributed by atoms with Crippen molar-refractivity contribution >= 4 is 5.82 Å². The first-order valence-corrected chi connectivity index (χ1v) is 9.49. The molecule has 1 aromatic carbocycles. The number of phenols is 1. The van der Waals surface area contributed by atoms with Crippen molar-refractivity contribution < 1.29 is 32.9 Å². The smallest absolute Gasteiger partial charge is 0.419 e. The molecule has 29 heavy (non-hydrogen) atoms. The van der Waals surface area contributed by atoms with Crippen molar-refractivity contribution in [3.05, 3.63) is 59.8 Å². The molecular weight excluding hydrogens is 383 g/mol. The number of H-pyrrole nitrogens is 1. The van der Waals surface area contributed by atoms with Crippen LogP contribution in [-0.2, 0) is 19.1 Å². The van der Waals surface area contributed by atoms with Crippen LogP contribution in [0.2, 0.25) is 0 Å². The van der Waals surface area contributed by atoms with Crippen molar-refractivity contribution in [3.8, 4) is 11.5 Å². The van der Waals surface area contributed by atoms with Crippen LogP contribution in [0, 0.1) is 0 Å². The van der Waals surface area contributed by atoms with Crippen LogP contribution < -0.4 is 19.5 Å². The quantitative estimate of drug-likeness (QED) is 0.717. The van der Waals surface area contributed by atoms with Crippen LogP contribution in [0.15, 0.2) is 43.1 Å². The number of pyridine rings is 1. The summed E-state index contributed by atoms with van der Waals surface area (Å²) in [7, 11) is 1.60. The third-order valence-electron chi connectivity index (χ3n) is 5.22. The number of rotatable bonds is 6. The van der Waals surface area contributed by atoms with Gasteiger partial charge < -0.3 is 14.7 Å². The molecule has 1 aliphatic rings. The highest BCUT2D eigenvalue weighted by atomic mass is 19.4. The molecule has 156 valence electrons. The van der Waals surface area contributed by atoms with E-state index in [0.717, 1.165) is 36.5 Å². The van der Waals surface area contributed by atoms with Crippen molar-refractivity contribution in [3.63, 3.8) is 0 Å². The number of aromatic nitrogens is 1. The Bertz CT molecular complexity index is 845. The molecule has 1 aromatic heterocycles. The highest BCUT2D eigenvalue weighted by Crippen LogP contribution is 2.29. The number of piperazine rings is 1. The maximum Gasteiger partial charge on any atom is 0.419 e. The molecule has 5 nitrogen and oxygen atoms in total. The first-order chi connectivity index (χ1) is 13.8. The number of allylic oxidation sites excluding steroid dienone is 1. The summed E-state index contributed by atoms with van der Waals surface area (Å²) in [4.78, 5) is 6.09. The number of methoxy groups -OCH3 is 1.